The first-order valence-electron chi connectivity index (χ1n) is 12.0. The molecule has 0 radical (unpaired) electrons. The average molecular weight is 391 g/mol. The molecule has 8 atom stereocenters. The van der Waals surface area contributed by atoms with Crippen LogP contribution in [0.2, 0.25) is 0 Å². The zero-order valence-corrected chi connectivity index (χ0v) is 18.6. The number of carbonyl (C=O) groups excluding carboxylic acids is 1. The number of carbonyl (C=O) groups is 1. The van der Waals surface area contributed by atoms with E-state index in [0.717, 1.165) is 50.2 Å². The van der Waals surface area contributed by atoms with Crippen molar-refractivity contribution in [3.8, 4) is 0 Å². The Morgan fingerprint density at radius 2 is 1.82 bits per heavy atom. The summed E-state index contributed by atoms with van der Waals surface area (Å²) in [5.41, 5.74) is 0.111. The quantitative estimate of drug-likeness (QED) is 0.640. The topological polar surface area (TPSA) is 46.5 Å². The molecule has 4 rings (SSSR count). The van der Waals surface area contributed by atoms with Crippen LogP contribution < -0.4 is 0 Å². The van der Waals surface area contributed by atoms with E-state index in [2.05, 4.69) is 20.8 Å². The van der Waals surface area contributed by atoms with Gasteiger partial charge in [-0.25, -0.2) is 0 Å². The molecule has 0 saturated heterocycles. The van der Waals surface area contributed by atoms with Crippen LogP contribution in [0.4, 0.5) is 0 Å². The van der Waals surface area contributed by atoms with Crippen molar-refractivity contribution in [3.63, 3.8) is 0 Å². The standard InChI is InChI=1S/C25H42O3/c1-5-28-15-14-25-13-12-23(3,27)16-18(25)6-7-19-21-9-8-20(17(2)26)24(21,4)11-10-22(19)25/h18-22,27H,5-16H2,1-4H3/t18-,19-,20+,21-,22-,23+,24+,25+/m0/s1. The van der Waals surface area contributed by atoms with Crippen molar-refractivity contribution in [1.29, 1.82) is 0 Å². The Balaban J connectivity index is 1.62. The van der Waals surface area contributed by atoms with E-state index in [4.69, 9.17) is 4.74 Å². The molecule has 0 heterocycles. The van der Waals surface area contributed by atoms with Crippen LogP contribution in [0.15, 0.2) is 0 Å². The first-order valence-corrected chi connectivity index (χ1v) is 12.0. The molecule has 0 aromatic rings. The molecule has 0 bridgehead atoms. The number of Topliss-reactive ketones (excluding diaryl/α,β-unsaturated/α-hetero) is 1. The van der Waals surface area contributed by atoms with Crippen molar-refractivity contribution in [2.45, 2.75) is 97.5 Å². The molecule has 0 aromatic heterocycles. The number of ketones is 1. The molecule has 0 aromatic carbocycles. The molecule has 4 aliphatic rings. The number of aliphatic hydroxyl groups is 1. The normalized spacial score (nSPS) is 50.5. The maximum atomic E-state index is 12.4. The molecule has 28 heavy (non-hydrogen) atoms. The average Bonchev–Trinajstić information content (AvgIpc) is 2.99. The van der Waals surface area contributed by atoms with Crippen LogP contribution in [0.3, 0.4) is 0 Å². The minimum absolute atomic E-state index is 0.237. The molecule has 4 aliphatic carbocycles. The van der Waals surface area contributed by atoms with Gasteiger partial charge < -0.3 is 9.84 Å². The number of hydrogen-bond acceptors (Lipinski definition) is 3. The van der Waals surface area contributed by atoms with Gasteiger partial charge in [-0.1, -0.05) is 6.92 Å². The van der Waals surface area contributed by atoms with E-state index in [1.807, 2.05) is 6.92 Å². The van der Waals surface area contributed by atoms with Gasteiger partial charge in [0, 0.05) is 19.1 Å². The van der Waals surface area contributed by atoms with E-state index in [9.17, 15) is 9.90 Å². The molecule has 0 aliphatic heterocycles. The van der Waals surface area contributed by atoms with Crippen LogP contribution in [-0.4, -0.2) is 29.7 Å². The maximum Gasteiger partial charge on any atom is 0.133 e. The van der Waals surface area contributed by atoms with Crippen molar-refractivity contribution >= 4 is 5.78 Å². The second-order valence-corrected chi connectivity index (χ2v) is 11.3. The van der Waals surface area contributed by atoms with Crippen molar-refractivity contribution in [2.75, 3.05) is 13.2 Å². The minimum Gasteiger partial charge on any atom is -0.390 e. The minimum atomic E-state index is -0.483. The number of rotatable bonds is 5. The van der Waals surface area contributed by atoms with Gasteiger partial charge in [0.15, 0.2) is 0 Å². The third-order valence-electron chi connectivity index (χ3n) is 10.1. The predicted octanol–water partition coefficient (Wildman–Crippen LogP) is 5.39. The van der Waals surface area contributed by atoms with E-state index >= 15 is 0 Å². The fourth-order valence-corrected chi connectivity index (χ4v) is 8.81. The van der Waals surface area contributed by atoms with Gasteiger partial charge in [0.25, 0.3) is 0 Å². The smallest absolute Gasteiger partial charge is 0.133 e. The van der Waals surface area contributed by atoms with E-state index in [0.29, 0.717) is 23.0 Å². The van der Waals surface area contributed by atoms with Gasteiger partial charge in [0.2, 0.25) is 0 Å². The van der Waals surface area contributed by atoms with Crippen molar-refractivity contribution in [2.24, 2.45) is 40.4 Å². The lowest BCUT2D eigenvalue weighted by Gasteiger charge is -2.63. The second kappa shape index (κ2) is 7.38. The lowest BCUT2D eigenvalue weighted by molar-refractivity contribution is -0.164. The van der Waals surface area contributed by atoms with Gasteiger partial charge in [-0.3, -0.25) is 4.79 Å². The van der Waals surface area contributed by atoms with Gasteiger partial charge in [0.1, 0.15) is 5.78 Å². The summed E-state index contributed by atoms with van der Waals surface area (Å²) in [6, 6.07) is 0. The summed E-state index contributed by atoms with van der Waals surface area (Å²) in [6.45, 7) is 10.1. The highest BCUT2D eigenvalue weighted by Gasteiger charge is 2.62. The molecule has 4 saturated carbocycles. The van der Waals surface area contributed by atoms with Crippen LogP contribution in [0.1, 0.15) is 91.9 Å². The molecule has 0 unspecified atom stereocenters. The summed E-state index contributed by atoms with van der Waals surface area (Å²) in [6.07, 6.45) is 11.7. The molecule has 160 valence electrons. The summed E-state index contributed by atoms with van der Waals surface area (Å²) < 4.78 is 5.86. The zero-order chi connectivity index (χ0) is 20.2. The zero-order valence-electron chi connectivity index (χ0n) is 18.6. The van der Waals surface area contributed by atoms with E-state index in [-0.39, 0.29) is 5.41 Å². The lowest BCUT2D eigenvalue weighted by Crippen LogP contribution is -2.57. The lowest BCUT2D eigenvalue weighted by atomic mass is 9.42. The molecule has 0 amide bonds. The number of hydrogen-bond donors (Lipinski definition) is 1. The highest BCUT2D eigenvalue weighted by atomic mass is 16.5. The first-order chi connectivity index (χ1) is 13.2. The maximum absolute atomic E-state index is 12.4. The summed E-state index contributed by atoms with van der Waals surface area (Å²) in [5.74, 6) is 3.65. The predicted molar refractivity (Wildman–Crippen MR) is 112 cm³/mol. The highest BCUT2D eigenvalue weighted by molar-refractivity contribution is 5.79. The first kappa shape index (κ1) is 20.8. The third kappa shape index (κ3) is 3.20. The Kier molecular flexibility index (Phi) is 5.49. The molecule has 0 spiro atoms. The number of ether oxygens (including phenoxy) is 1. The van der Waals surface area contributed by atoms with E-state index in [1.54, 1.807) is 0 Å². The van der Waals surface area contributed by atoms with Gasteiger partial charge in [-0.05, 0) is 119 Å². The third-order valence-corrected chi connectivity index (χ3v) is 10.1. The Hall–Kier alpha value is -0.410. The summed E-state index contributed by atoms with van der Waals surface area (Å²) in [5, 5.41) is 10.8. The largest absolute Gasteiger partial charge is 0.390 e. The van der Waals surface area contributed by atoms with Crippen LogP contribution in [0.25, 0.3) is 0 Å². The molecule has 4 fully saturated rings. The Bertz CT molecular complexity index is 599. The fourth-order valence-electron chi connectivity index (χ4n) is 8.81. The molecular formula is C25H42O3. The monoisotopic (exact) mass is 390 g/mol. The van der Waals surface area contributed by atoms with E-state index < -0.39 is 5.60 Å². The van der Waals surface area contributed by atoms with Gasteiger partial charge >= 0.3 is 0 Å². The molecule has 3 heteroatoms. The van der Waals surface area contributed by atoms with Crippen molar-refractivity contribution in [1.82, 2.24) is 0 Å². The Labute approximate surface area is 172 Å². The SMILES string of the molecule is CCOCC[C@]12CC[C@@](C)(O)C[C@@H]1CC[C@H]1[C@@H]3CC[C@H](C(C)=O)[C@@]3(C)CC[C@@H]12. The molecular weight excluding hydrogens is 348 g/mol. The highest BCUT2D eigenvalue weighted by Crippen LogP contribution is 2.69. The van der Waals surface area contributed by atoms with Crippen molar-refractivity contribution in [3.05, 3.63) is 0 Å². The van der Waals surface area contributed by atoms with Gasteiger partial charge in [-0.2, -0.15) is 0 Å². The van der Waals surface area contributed by atoms with Crippen LogP contribution in [0.5, 0.6) is 0 Å². The van der Waals surface area contributed by atoms with Crippen molar-refractivity contribution < 1.29 is 14.6 Å². The van der Waals surface area contributed by atoms with Crippen LogP contribution in [0, 0.1) is 40.4 Å². The molecule has 3 nitrogen and oxygen atoms in total. The van der Waals surface area contributed by atoms with E-state index in [1.165, 1.54) is 44.9 Å². The second-order valence-electron chi connectivity index (χ2n) is 11.3. The molecule has 1 N–H and O–H groups in total. The van der Waals surface area contributed by atoms with Crippen LogP contribution in [-0.2, 0) is 9.53 Å². The van der Waals surface area contributed by atoms with Gasteiger partial charge in [-0.15, -0.1) is 0 Å². The van der Waals surface area contributed by atoms with Gasteiger partial charge in [0.05, 0.1) is 5.60 Å². The summed E-state index contributed by atoms with van der Waals surface area (Å²) >= 11 is 0. The Morgan fingerprint density at radius 1 is 1.04 bits per heavy atom. The number of fused-ring (bicyclic) bond motifs is 5. The summed E-state index contributed by atoms with van der Waals surface area (Å²) in [4.78, 5) is 12.4. The Morgan fingerprint density at radius 3 is 2.54 bits per heavy atom. The summed E-state index contributed by atoms with van der Waals surface area (Å²) in [7, 11) is 0. The fraction of sp³-hybridized carbons (Fsp3) is 0.960. The van der Waals surface area contributed by atoms with Crippen LogP contribution >= 0.6 is 0 Å².